The first-order valence-corrected chi connectivity index (χ1v) is 10.6. The molecule has 1 N–H and O–H groups in total. The molecule has 0 heterocycles. The molecule has 6 nitrogen and oxygen atoms in total. The summed E-state index contributed by atoms with van der Waals surface area (Å²) in [7, 11) is -3.28. The summed E-state index contributed by atoms with van der Waals surface area (Å²) in [5, 5.41) is 2.57. The minimum atomic E-state index is -3.28. The molecule has 0 radical (unpaired) electrons. The van der Waals surface area contributed by atoms with Crippen molar-refractivity contribution in [2.24, 2.45) is 0 Å². The highest BCUT2D eigenvalue weighted by molar-refractivity contribution is 7.90. The molecular weight excluding hydrogens is 366 g/mol. The van der Waals surface area contributed by atoms with Gasteiger partial charge in [0.15, 0.2) is 0 Å². The van der Waals surface area contributed by atoms with E-state index in [1.807, 2.05) is 31.2 Å². The van der Waals surface area contributed by atoms with Gasteiger partial charge in [0, 0.05) is 11.8 Å². The topological polar surface area (TPSA) is 89.5 Å². The average Bonchev–Trinajstić information content (AvgIpc) is 2.64. The molecule has 0 aliphatic carbocycles. The monoisotopic (exact) mass is 389 g/mol. The zero-order chi connectivity index (χ0) is 19.9. The number of benzene rings is 2. The lowest BCUT2D eigenvalue weighted by molar-refractivity contribution is -0.147. The Labute approximate surface area is 159 Å². The Kier molecular flexibility index (Phi) is 7.12. The van der Waals surface area contributed by atoms with E-state index in [9.17, 15) is 18.0 Å². The van der Waals surface area contributed by atoms with Crippen LogP contribution in [0.2, 0.25) is 0 Å². The van der Waals surface area contributed by atoms with Crippen LogP contribution in [0, 0.1) is 6.92 Å². The summed E-state index contributed by atoms with van der Waals surface area (Å²) in [4.78, 5) is 24.8. The number of sulfone groups is 1. The fraction of sp³-hybridized carbons (Fsp3) is 0.300. The molecule has 0 saturated heterocycles. The maximum atomic E-state index is 12.4. The van der Waals surface area contributed by atoms with Gasteiger partial charge in [0.05, 0.1) is 5.75 Å². The average molecular weight is 389 g/mol. The largest absolute Gasteiger partial charge is 0.459 e. The van der Waals surface area contributed by atoms with E-state index in [4.69, 9.17) is 4.74 Å². The third kappa shape index (κ3) is 7.22. The lowest BCUT2D eigenvalue weighted by atomic mass is 10.1. The number of carbonyl (C=O) groups excluding carboxylic acids is 2. The first-order valence-electron chi connectivity index (χ1n) is 8.50. The van der Waals surface area contributed by atoms with Gasteiger partial charge in [-0.3, -0.25) is 4.79 Å². The van der Waals surface area contributed by atoms with Crippen LogP contribution in [0.3, 0.4) is 0 Å². The molecule has 0 aromatic heterocycles. The van der Waals surface area contributed by atoms with Gasteiger partial charge >= 0.3 is 5.97 Å². The van der Waals surface area contributed by atoms with Gasteiger partial charge in [-0.1, -0.05) is 48.0 Å². The standard InChI is InChI=1S/C20H23NO5S/c1-15-8-10-16(11-9-15)14-26-20(23)18(12-13-27(2,24)25)21-19(22)17-6-4-3-5-7-17/h3-11,18H,12-14H2,1-2H3,(H,21,22)/t18-/m0/s1. The van der Waals surface area contributed by atoms with Gasteiger partial charge in [-0.2, -0.15) is 0 Å². The number of amides is 1. The number of hydrogen-bond donors (Lipinski definition) is 1. The Hall–Kier alpha value is -2.67. The molecule has 1 amide bonds. The SMILES string of the molecule is Cc1ccc(COC(=O)[C@H](CCS(C)(=O)=O)NC(=O)c2ccccc2)cc1. The van der Waals surface area contributed by atoms with Crippen LogP contribution in [0.25, 0.3) is 0 Å². The van der Waals surface area contributed by atoms with Gasteiger partial charge < -0.3 is 10.1 Å². The molecule has 0 aliphatic rings. The number of aryl methyl sites for hydroxylation is 1. The molecule has 7 heteroatoms. The highest BCUT2D eigenvalue weighted by Gasteiger charge is 2.24. The second kappa shape index (κ2) is 9.32. The van der Waals surface area contributed by atoms with Crippen LogP contribution in [0.15, 0.2) is 54.6 Å². The van der Waals surface area contributed by atoms with E-state index in [1.165, 1.54) is 0 Å². The third-order valence-corrected chi connectivity index (χ3v) is 4.88. The molecule has 0 unspecified atom stereocenters. The summed E-state index contributed by atoms with van der Waals surface area (Å²) in [5.74, 6) is -1.35. The van der Waals surface area contributed by atoms with E-state index in [0.29, 0.717) is 5.56 Å². The normalized spacial score (nSPS) is 12.2. The van der Waals surface area contributed by atoms with E-state index in [1.54, 1.807) is 30.3 Å². The maximum absolute atomic E-state index is 12.4. The summed E-state index contributed by atoms with van der Waals surface area (Å²) in [6.45, 7) is 2.01. The first kappa shape index (κ1) is 20.6. The van der Waals surface area contributed by atoms with Crippen molar-refractivity contribution in [1.82, 2.24) is 5.32 Å². The molecule has 0 aliphatic heterocycles. The molecule has 2 aromatic carbocycles. The molecule has 1 atom stereocenters. The van der Waals surface area contributed by atoms with Crippen molar-refractivity contribution in [3.05, 3.63) is 71.3 Å². The molecule has 0 spiro atoms. The quantitative estimate of drug-likeness (QED) is 0.700. The second-order valence-electron chi connectivity index (χ2n) is 6.40. The van der Waals surface area contributed by atoms with Crippen molar-refractivity contribution in [3.63, 3.8) is 0 Å². The summed E-state index contributed by atoms with van der Waals surface area (Å²) in [6.07, 6.45) is 1.03. The maximum Gasteiger partial charge on any atom is 0.329 e. The summed E-state index contributed by atoms with van der Waals surface area (Å²) in [5.41, 5.74) is 2.28. The van der Waals surface area contributed by atoms with E-state index >= 15 is 0 Å². The predicted octanol–water partition coefficient (Wildman–Crippen LogP) is 2.27. The fourth-order valence-electron chi connectivity index (χ4n) is 2.35. The van der Waals surface area contributed by atoms with Crippen LogP contribution in [-0.2, 0) is 26.0 Å². The third-order valence-electron chi connectivity index (χ3n) is 3.90. The van der Waals surface area contributed by atoms with Crippen molar-refractivity contribution < 1.29 is 22.7 Å². The molecule has 0 fully saturated rings. The molecule has 27 heavy (non-hydrogen) atoms. The van der Waals surface area contributed by atoms with Crippen molar-refractivity contribution in [2.45, 2.75) is 26.0 Å². The molecule has 2 rings (SSSR count). The minimum absolute atomic E-state index is 0.0513. The van der Waals surface area contributed by atoms with Crippen molar-refractivity contribution >= 4 is 21.7 Å². The summed E-state index contributed by atoms with van der Waals surface area (Å²) >= 11 is 0. The van der Waals surface area contributed by atoms with Crippen LogP contribution in [0.5, 0.6) is 0 Å². The Morgan fingerprint density at radius 3 is 2.26 bits per heavy atom. The van der Waals surface area contributed by atoms with Crippen molar-refractivity contribution in [1.29, 1.82) is 0 Å². The van der Waals surface area contributed by atoms with Gasteiger partial charge in [0.2, 0.25) is 0 Å². The van der Waals surface area contributed by atoms with Crippen molar-refractivity contribution in [2.75, 3.05) is 12.0 Å². The highest BCUT2D eigenvalue weighted by atomic mass is 32.2. The summed E-state index contributed by atoms with van der Waals surface area (Å²) < 4.78 is 28.2. The van der Waals surface area contributed by atoms with Gasteiger partial charge in [-0.05, 0) is 31.0 Å². The second-order valence-corrected chi connectivity index (χ2v) is 8.66. The number of esters is 1. The predicted molar refractivity (Wildman–Crippen MR) is 103 cm³/mol. The fourth-order valence-corrected chi connectivity index (χ4v) is 3.02. The van der Waals surface area contributed by atoms with E-state index < -0.39 is 27.8 Å². The van der Waals surface area contributed by atoms with E-state index in [-0.39, 0.29) is 18.8 Å². The van der Waals surface area contributed by atoms with Crippen molar-refractivity contribution in [3.8, 4) is 0 Å². The van der Waals surface area contributed by atoms with Gasteiger partial charge in [0.25, 0.3) is 5.91 Å². The summed E-state index contributed by atoms with van der Waals surface area (Å²) in [6, 6.07) is 14.9. The van der Waals surface area contributed by atoms with Crippen LogP contribution in [-0.4, -0.2) is 38.3 Å². The number of nitrogens with one attached hydrogen (secondary N) is 1. The lowest BCUT2D eigenvalue weighted by Gasteiger charge is -2.17. The molecule has 0 saturated carbocycles. The van der Waals surface area contributed by atoms with Crippen LogP contribution in [0.4, 0.5) is 0 Å². The molecule has 2 aromatic rings. The van der Waals surface area contributed by atoms with Gasteiger partial charge in [-0.15, -0.1) is 0 Å². The number of ether oxygens (including phenoxy) is 1. The zero-order valence-corrected chi connectivity index (χ0v) is 16.2. The van der Waals surface area contributed by atoms with Crippen LogP contribution >= 0.6 is 0 Å². The number of hydrogen-bond acceptors (Lipinski definition) is 5. The minimum Gasteiger partial charge on any atom is -0.459 e. The Bertz CT molecular complexity index is 876. The van der Waals surface area contributed by atoms with Gasteiger partial charge in [0.1, 0.15) is 22.5 Å². The van der Waals surface area contributed by atoms with Crippen LogP contribution < -0.4 is 5.32 Å². The lowest BCUT2D eigenvalue weighted by Crippen LogP contribution is -2.42. The Morgan fingerprint density at radius 1 is 1.04 bits per heavy atom. The zero-order valence-electron chi connectivity index (χ0n) is 15.3. The Morgan fingerprint density at radius 2 is 1.67 bits per heavy atom. The van der Waals surface area contributed by atoms with Gasteiger partial charge in [-0.25, -0.2) is 13.2 Å². The molecule has 144 valence electrons. The Balaban J connectivity index is 2.04. The van der Waals surface area contributed by atoms with E-state index in [0.717, 1.165) is 17.4 Å². The highest BCUT2D eigenvalue weighted by Crippen LogP contribution is 2.08. The molecular formula is C20H23NO5S. The number of carbonyl (C=O) groups is 2. The smallest absolute Gasteiger partial charge is 0.329 e. The number of rotatable bonds is 8. The first-order chi connectivity index (χ1) is 12.7. The molecule has 0 bridgehead atoms. The van der Waals surface area contributed by atoms with Crippen LogP contribution in [0.1, 0.15) is 27.9 Å². The van der Waals surface area contributed by atoms with E-state index in [2.05, 4.69) is 5.32 Å².